The first-order chi connectivity index (χ1) is 27.2. The highest BCUT2D eigenvalue weighted by Crippen LogP contribution is 2.23. The third-order valence-electron chi connectivity index (χ3n) is 10.1. The Morgan fingerprint density at radius 1 is 0.897 bits per heavy atom. The zero-order valence-electron chi connectivity index (χ0n) is 33.2. The summed E-state index contributed by atoms with van der Waals surface area (Å²) < 4.78 is 0. The summed E-state index contributed by atoms with van der Waals surface area (Å²) in [6.45, 7) is 6.63. The largest absolute Gasteiger partial charge is 0.508 e. The van der Waals surface area contributed by atoms with E-state index in [4.69, 9.17) is 22.9 Å². The normalized spacial score (nSPS) is 20.4. The van der Waals surface area contributed by atoms with E-state index in [2.05, 4.69) is 26.3 Å². The zero-order chi connectivity index (χ0) is 43.4. The summed E-state index contributed by atoms with van der Waals surface area (Å²) in [6.07, 6.45) is -0.286. The standard InChI is InChI=1S/C37H57N11O10/c1-18(2)30(35(57)44-25(11-12-29(51)52)33(55)46-27-14-19(3)48(36(27)58)20(4)31(39)53)47-17-22(16-28(47)50)43-34(56)26(15-21-7-9-23(49)10-8-21)45-32(54)24(38)6-5-13-42-37(40)41/h7-10,18-20,22,24-27,30,49H,5-6,11-17,38H2,1-4H3,(H2,39,53)(H,43,56)(H,44,57)(H,45,54)(H,46,55)(H,51,52)(H4,40,41,42)/t19?,20-,22-,24-,25-,26-,27-,30-/m1/s1. The minimum absolute atomic E-state index is 0.000316. The molecule has 1 unspecified atom stereocenters. The lowest BCUT2D eigenvalue weighted by atomic mass is 10.0. The van der Waals surface area contributed by atoms with E-state index in [1.54, 1.807) is 32.9 Å². The van der Waals surface area contributed by atoms with Gasteiger partial charge >= 0.3 is 5.97 Å². The van der Waals surface area contributed by atoms with E-state index in [1.807, 2.05) is 0 Å². The van der Waals surface area contributed by atoms with Crippen LogP contribution in [0.15, 0.2) is 29.3 Å². The van der Waals surface area contributed by atoms with Gasteiger partial charge in [-0.2, -0.15) is 0 Å². The van der Waals surface area contributed by atoms with Crippen molar-refractivity contribution in [1.29, 1.82) is 0 Å². The van der Waals surface area contributed by atoms with Gasteiger partial charge in [0.1, 0.15) is 36.0 Å². The van der Waals surface area contributed by atoms with Crippen molar-refractivity contribution in [2.45, 2.75) is 121 Å². The summed E-state index contributed by atoms with van der Waals surface area (Å²) in [5.41, 5.74) is 22.8. The number of carbonyl (C=O) groups excluding carboxylic acids is 7. The van der Waals surface area contributed by atoms with Gasteiger partial charge in [0, 0.05) is 38.4 Å². The number of guanidine groups is 1. The average Bonchev–Trinajstić information content (AvgIpc) is 3.63. The van der Waals surface area contributed by atoms with Crippen LogP contribution in [0.25, 0.3) is 0 Å². The SMILES string of the molecule is CC(C)[C@H](C(=O)N[C@H](CCC(=O)O)C(=O)N[C@@H]1CC(C)N([C@H](C)C(N)=O)C1=O)N1C[C@H](NC(=O)[C@@H](Cc2ccc(O)cc2)NC(=O)[C@H](N)CCCN=C(N)N)CC1=O. The first-order valence-electron chi connectivity index (χ1n) is 19.1. The van der Waals surface area contributed by atoms with E-state index in [0.717, 1.165) is 0 Å². The number of likely N-dealkylation sites (tertiary alicyclic amines) is 2. The number of rotatable bonds is 21. The van der Waals surface area contributed by atoms with Crippen molar-refractivity contribution in [3.05, 3.63) is 29.8 Å². The number of phenolic OH excluding ortho intramolecular Hbond substituents is 1. The number of nitrogens with two attached hydrogens (primary N) is 4. The van der Waals surface area contributed by atoms with Crippen LogP contribution in [0.2, 0.25) is 0 Å². The van der Waals surface area contributed by atoms with Crippen molar-refractivity contribution in [2.24, 2.45) is 33.8 Å². The molecular formula is C37H57N11O10. The molecule has 0 radical (unpaired) electrons. The molecule has 1 aromatic rings. The van der Waals surface area contributed by atoms with Gasteiger partial charge in [-0.3, -0.25) is 43.3 Å². The predicted octanol–water partition coefficient (Wildman–Crippen LogP) is -3.13. The van der Waals surface area contributed by atoms with Crippen molar-refractivity contribution in [3.63, 3.8) is 0 Å². The molecule has 0 aliphatic carbocycles. The summed E-state index contributed by atoms with van der Waals surface area (Å²) in [4.78, 5) is 110. The van der Waals surface area contributed by atoms with Gasteiger partial charge in [-0.05, 0) is 63.1 Å². The maximum Gasteiger partial charge on any atom is 0.303 e. The van der Waals surface area contributed by atoms with Crippen molar-refractivity contribution in [1.82, 2.24) is 31.1 Å². The number of phenols is 1. The summed E-state index contributed by atoms with van der Waals surface area (Å²) >= 11 is 0. The Hall–Kier alpha value is -5.99. The molecule has 21 heteroatoms. The van der Waals surface area contributed by atoms with Gasteiger partial charge in [-0.1, -0.05) is 26.0 Å². The number of benzene rings is 1. The molecule has 2 saturated heterocycles. The van der Waals surface area contributed by atoms with E-state index in [9.17, 15) is 48.6 Å². The van der Waals surface area contributed by atoms with Gasteiger partial charge in [0.2, 0.25) is 41.4 Å². The zero-order valence-corrected chi connectivity index (χ0v) is 33.2. The van der Waals surface area contributed by atoms with E-state index in [-0.39, 0.29) is 56.9 Å². The highest BCUT2D eigenvalue weighted by atomic mass is 16.4. The fraction of sp³-hybridized carbons (Fsp3) is 0.595. The van der Waals surface area contributed by atoms with Gasteiger partial charge in [-0.25, -0.2) is 0 Å². The molecule has 320 valence electrons. The number of nitrogens with zero attached hydrogens (tertiary/aromatic N) is 3. The Bertz CT molecular complexity index is 1720. The third kappa shape index (κ3) is 13.0. The second-order valence-electron chi connectivity index (χ2n) is 15.1. The number of carbonyl (C=O) groups is 8. The Kier molecular flexibility index (Phi) is 16.8. The topological polar surface area (TPSA) is 348 Å². The minimum Gasteiger partial charge on any atom is -0.508 e. The number of primary amides is 1. The predicted molar refractivity (Wildman–Crippen MR) is 209 cm³/mol. The molecule has 3 rings (SSSR count). The Morgan fingerprint density at radius 3 is 2.10 bits per heavy atom. The summed E-state index contributed by atoms with van der Waals surface area (Å²) in [6, 6.07) is -1.94. The molecule has 2 heterocycles. The molecule has 0 bridgehead atoms. The maximum atomic E-state index is 13.9. The first-order valence-corrected chi connectivity index (χ1v) is 19.1. The van der Waals surface area contributed by atoms with Crippen molar-refractivity contribution in [3.8, 4) is 5.75 Å². The smallest absolute Gasteiger partial charge is 0.303 e. The molecule has 2 aliphatic heterocycles. The van der Waals surface area contributed by atoms with Crippen LogP contribution in [-0.2, 0) is 44.8 Å². The van der Waals surface area contributed by atoms with Crippen molar-refractivity contribution in [2.75, 3.05) is 13.1 Å². The number of carboxylic acids is 1. The van der Waals surface area contributed by atoms with E-state index in [0.29, 0.717) is 12.0 Å². The lowest BCUT2D eigenvalue weighted by Gasteiger charge is -2.32. The molecule has 0 saturated carbocycles. The number of aromatic hydroxyl groups is 1. The number of hydrogen-bond acceptors (Lipinski definition) is 11. The van der Waals surface area contributed by atoms with Crippen LogP contribution in [0, 0.1) is 5.92 Å². The van der Waals surface area contributed by atoms with Crippen LogP contribution in [0.5, 0.6) is 5.75 Å². The van der Waals surface area contributed by atoms with Crippen LogP contribution in [0.3, 0.4) is 0 Å². The Labute approximate surface area is 336 Å². The molecule has 14 N–H and O–H groups in total. The lowest BCUT2D eigenvalue weighted by Crippen LogP contribution is -2.58. The number of nitrogens with one attached hydrogen (secondary N) is 4. The average molecular weight is 816 g/mol. The summed E-state index contributed by atoms with van der Waals surface area (Å²) in [5, 5.41) is 29.7. The summed E-state index contributed by atoms with van der Waals surface area (Å²) in [5.74, 6) is -6.47. The number of aliphatic imine (C=N–C) groups is 1. The van der Waals surface area contributed by atoms with Crippen LogP contribution < -0.4 is 44.2 Å². The molecule has 7 amide bonds. The van der Waals surface area contributed by atoms with E-state index < -0.39 is 108 Å². The number of aliphatic carboxylic acids is 1. The maximum absolute atomic E-state index is 13.9. The molecule has 58 heavy (non-hydrogen) atoms. The second kappa shape index (κ2) is 21.0. The minimum atomic E-state index is -1.41. The van der Waals surface area contributed by atoms with Gasteiger partial charge in [0.15, 0.2) is 5.96 Å². The molecule has 0 aromatic heterocycles. The third-order valence-corrected chi connectivity index (χ3v) is 10.1. The quantitative estimate of drug-likeness (QED) is 0.0334. The first kappa shape index (κ1) is 46.4. The number of hydrogen-bond donors (Lipinski definition) is 10. The fourth-order valence-electron chi connectivity index (χ4n) is 7.06. The second-order valence-corrected chi connectivity index (χ2v) is 15.1. The van der Waals surface area contributed by atoms with Crippen molar-refractivity contribution >= 4 is 53.3 Å². The highest BCUT2D eigenvalue weighted by molar-refractivity contribution is 5.97. The molecule has 1 aromatic carbocycles. The van der Waals surface area contributed by atoms with Crippen LogP contribution in [-0.4, -0.2) is 135 Å². The monoisotopic (exact) mass is 815 g/mol. The molecule has 2 fully saturated rings. The van der Waals surface area contributed by atoms with E-state index >= 15 is 0 Å². The molecule has 2 aliphatic rings. The molecule has 21 nitrogen and oxygen atoms in total. The van der Waals surface area contributed by atoms with Gasteiger partial charge in [0.05, 0.1) is 12.1 Å². The Balaban J connectivity index is 1.74. The van der Waals surface area contributed by atoms with Crippen LogP contribution >= 0.6 is 0 Å². The van der Waals surface area contributed by atoms with Gasteiger partial charge in [0.25, 0.3) is 0 Å². The van der Waals surface area contributed by atoms with Gasteiger partial charge in [-0.15, -0.1) is 0 Å². The fourth-order valence-corrected chi connectivity index (χ4v) is 7.06. The van der Waals surface area contributed by atoms with Crippen molar-refractivity contribution < 1.29 is 48.6 Å². The molecule has 8 atom stereocenters. The van der Waals surface area contributed by atoms with E-state index in [1.165, 1.54) is 28.9 Å². The van der Waals surface area contributed by atoms with Gasteiger partial charge < -0.3 is 64.2 Å². The molecular weight excluding hydrogens is 758 g/mol. The highest BCUT2D eigenvalue weighted by Gasteiger charge is 2.44. The van der Waals surface area contributed by atoms with Crippen LogP contribution in [0.4, 0.5) is 0 Å². The van der Waals surface area contributed by atoms with Crippen LogP contribution in [0.1, 0.15) is 71.8 Å². The Morgan fingerprint density at radius 2 is 1.52 bits per heavy atom. The lowest BCUT2D eigenvalue weighted by molar-refractivity contribution is -0.142. The molecule has 0 spiro atoms. The number of carboxylic acid groups (broad SMARTS) is 1. The number of amides is 7. The summed E-state index contributed by atoms with van der Waals surface area (Å²) in [7, 11) is 0.